The molecule has 0 aliphatic heterocycles. The average Bonchev–Trinajstić information content (AvgIpc) is 3.11. The lowest BCUT2D eigenvalue weighted by atomic mass is 10.0. The molecule has 0 spiro atoms. The Kier molecular flexibility index (Phi) is 9.57. The molecule has 0 saturated carbocycles. The van der Waals surface area contributed by atoms with Crippen molar-refractivity contribution < 1.29 is 9.53 Å². The van der Waals surface area contributed by atoms with Gasteiger partial charge in [0.25, 0.3) is 5.91 Å². The van der Waals surface area contributed by atoms with Crippen molar-refractivity contribution in [3.63, 3.8) is 0 Å². The number of hydrogen-bond donors (Lipinski definition) is 2. The number of benzene rings is 2. The van der Waals surface area contributed by atoms with E-state index in [1.807, 2.05) is 45.0 Å². The van der Waals surface area contributed by atoms with Gasteiger partial charge in [-0.05, 0) is 51.1 Å². The number of rotatable bonds is 5. The number of aromatic nitrogens is 2. The molecule has 1 heterocycles. The summed E-state index contributed by atoms with van der Waals surface area (Å²) in [5.74, 6) is 5.48. The third-order valence-electron chi connectivity index (χ3n) is 4.60. The normalized spacial score (nSPS) is 10.8. The molecule has 0 aliphatic carbocycles. The number of carbonyl (C=O) groups excluding carboxylic acids is 1. The van der Waals surface area contributed by atoms with E-state index in [0.717, 1.165) is 11.1 Å². The van der Waals surface area contributed by atoms with E-state index < -0.39 is 5.54 Å². The van der Waals surface area contributed by atoms with Gasteiger partial charge in [0.15, 0.2) is 5.69 Å². The quantitative estimate of drug-likeness (QED) is 0.449. The molecule has 0 fully saturated rings. The predicted molar refractivity (Wildman–Crippen MR) is 140 cm³/mol. The highest BCUT2D eigenvalue weighted by Crippen LogP contribution is 2.33. The predicted octanol–water partition coefficient (Wildman–Crippen LogP) is 5.25. The number of nitrogens with zero attached hydrogens (tertiary/aromatic N) is 2. The minimum absolute atomic E-state index is 0. The van der Waals surface area contributed by atoms with Gasteiger partial charge in [-0.1, -0.05) is 47.2 Å². The van der Waals surface area contributed by atoms with E-state index in [4.69, 9.17) is 33.7 Å². The average molecular weight is 522 g/mol. The molecule has 3 aromatic rings. The molecule has 2 aromatic carbocycles. The van der Waals surface area contributed by atoms with Crippen LogP contribution >= 0.6 is 35.6 Å². The van der Waals surface area contributed by atoms with Crippen LogP contribution < -0.4 is 11.1 Å². The summed E-state index contributed by atoms with van der Waals surface area (Å²) < 4.78 is 7.12. The molecule has 9 heteroatoms. The third kappa shape index (κ3) is 6.53. The van der Waals surface area contributed by atoms with Crippen LogP contribution in [0.5, 0.6) is 0 Å². The molecule has 1 amide bonds. The zero-order chi connectivity index (χ0) is 24.2. The van der Waals surface area contributed by atoms with Crippen LogP contribution in [0.25, 0.3) is 16.9 Å². The van der Waals surface area contributed by atoms with Gasteiger partial charge in [-0.25, -0.2) is 4.68 Å². The number of ether oxygens (including phenoxy) is 1. The highest BCUT2D eigenvalue weighted by molar-refractivity contribution is 6.32. The molecular weight excluding hydrogens is 495 g/mol. The van der Waals surface area contributed by atoms with Crippen molar-refractivity contribution in [2.75, 3.05) is 13.7 Å². The van der Waals surface area contributed by atoms with Gasteiger partial charge in [-0.3, -0.25) is 4.79 Å². The Morgan fingerprint density at radius 1 is 1.18 bits per heavy atom. The molecule has 34 heavy (non-hydrogen) atoms. The van der Waals surface area contributed by atoms with E-state index in [2.05, 4.69) is 22.3 Å². The van der Waals surface area contributed by atoms with Gasteiger partial charge in [0.2, 0.25) is 0 Å². The zero-order valence-electron chi connectivity index (χ0n) is 19.4. The molecule has 180 valence electrons. The Hall–Kier alpha value is -2.53. The van der Waals surface area contributed by atoms with E-state index in [9.17, 15) is 4.79 Å². The van der Waals surface area contributed by atoms with Crippen LogP contribution in [-0.4, -0.2) is 34.9 Å². The number of hydrogen-bond acceptors (Lipinski definition) is 4. The summed E-state index contributed by atoms with van der Waals surface area (Å²) in [4.78, 5) is 13.2. The summed E-state index contributed by atoms with van der Waals surface area (Å²) in [6, 6.07) is 12.7. The van der Waals surface area contributed by atoms with E-state index >= 15 is 0 Å². The fraction of sp³-hybridized carbons (Fsp3) is 0.280. The van der Waals surface area contributed by atoms with Crippen LogP contribution in [0.3, 0.4) is 0 Å². The molecular formula is C25H27Cl3N4O2. The Morgan fingerprint density at radius 3 is 2.41 bits per heavy atom. The van der Waals surface area contributed by atoms with E-state index in [-0.39, 0.29) is 37.2 Å². The van der Waals surface area contributed by atoms with Crippen LogP contribution in [-0.2, 0) is 11.3 Å². The van der Waals surface area contributed by atoms with E-state index in [1.54, 1.807) is 30.0 Å². The lowest BCUT2D eigenvalue weighted by Gasteiger charge is -2.20. The highest BCUT2D eigenvalue weighted by Gasteiger charge is 2.27. The monoisotopic (exact) mass is 520 g/mol. The van der Waals surface area contributed by atoms with Crippen LogP contribution in [0.1, 0.15) is 42.4 Å². The number of nitrogens with one attached hydrogen (secondary N) is 1. The lowest BCUT2D eigenvalue weighted by Crippen LogP contribution is -2.41. The standard InChI is InChI=1S/C25H26Cl2N4O2.ClH/c1-25(2,3)29-24(32)22-19(15-33-4)23(17-8-10-18(26)11-9-17)31(30-22)21-12-7-16(6-5-13-28)14-20(21)27;/h7-12,14H,13,15,28H2,1-4H3,(H,29,32);1H. The van der Waals surface area contributed by atoms with Crippen LogP contribution in [0, 0.1) is 11.8 Å². The molecule has 3 rings (SSSR count). The van der Waals surface area contributed by atoms with Crippen molar-refractivity contribution in [3.05, 3.63) is 69.3 Å². The second-order valence-corrected chi connectivity index (χ2v) is 9.25. The van der Waals surface area contributed by atoms with Crippen LogP contribution in [0.4, 0.5) is 0 Å². The van der Waals surface area contributed by atoms with Crippen molar-refractivity contribution in [3.8, 4) is 28.8 Å². The number of methoxy groups -OCH3 is 1. The number of halogens is 3. The second kappa shape index (κ2) is 11.7. The Labute approximate surface area is 216 Å². The summed E-state index contributed by atoms with van der Waals surface area (Å²) in [6.07, 6.45) is 0. The van der Waals surface area contributed by atoms with Crippen LogP contribution in [0.2, 0.25) is 10.0 Å². The van der Waals surface area contributed by atoms with Gasteiger partial charge in [0.1, 0.15) is 0 Å². The fourth-order valence-electron chi connectivity index (χ4n) is 3.30. The minimum atomic E-state index is -0.438. The third-order valence-corrected chi connectivity index (χ3v) is 5.16. The van der Waals surface area contributed by atoms with Crippen molar-refractivity contribution >= 4 is 41.5 Å². The van der Waals surface area contributed by atoms with Gasteiger partial charge in [-0.15, -0.1) is 12.4 Å². The van der Waals surface area contributed by atoms with Gasteiger partial charge in [-0.2, -0.15) is 5.10 Å². The Balaban J connectivity index is 0.00000408. The maximum absolute atomic E-state index is 13.2. The summed E-state index contributed by atoms with van der Waals surface area (Å²) in [6.45, 7) is 6.18. The van der Waals surface area contributed by atoms with Crippen molar-refractivity contribution in [1.82, 2.24) is 15.1 Å². The zero-order valence-corrected chi connectivity index (χ0v) is 21.7. The van der Waals surface area contributed by atoms with Gasteiger partial charge >= 0.3 is 0 Å². The SMILES string of the molecule is COCc1c(C(=O)NC(C)(C)C)nn(-c2ccc(C#CCN)cc2Cl)c1-c1ccc(Cl)cc1.Cl. The number of amides is 1. The van der Waals surface area contributed by atoms with Gasteiger partial charge in [0, 0.05) is 34.4 Å². The number of nitrogens with two attached hydrogens (primary N) is 1. The Morgan fingerprint density at radius 2 is 1.85 bits per heavy atom. The molecule has 0 atom stereocenters. The second-order valence-electron chi connectivity index (χ2n) is 8.40. The molecule has 6 nitrogen and oxygen atoms in total. The van der Waals surface area contributed by atoms with Crippen molar-refractivity contribution in [1.29, 1.82) is 0 Å². The fourth-order valence-corrected chi connectivity index (χ4v) is 3.69. The topological polar surface area (TPSA) is 82.2 Å². The first-order valence-corrected chi connectivity index (χ1v) is 11.1. The van der Waals surface area contributed by atoms with E-state index in [0.29, 0.717) is 27.0 Å². The Bertz CT molecular complexity index is 1220. The van der Waals surface area contributed by atoms with Crippen LogP contribution in [0.15, 0.2) is 42.5 Å². The molecule has 0 unspecified atom stereocenters. The summed E-state index contributed by atoms with van der Waals surface area (Å²) in [5.41, 5.74) is 8.78. The first-order chi connectivity index (χ1) is 15.6. The van der Waals surface area contributed by atoms with Crippen molar-refractivity contribution in [2.24, 2.45) is 5.73 Å². The first kappa shape index (κ1) is 27.7. The van der Waals surface area contributed by atoms with Gasteiger partial charge < -0.3 is 15.8 Å². The highest BCUT2D eigenvalue weighted by atomic mass is 35.5. The largest absolute Gasteiger partial charge is 0.380 e. The molecule has 0 aliphatic rings. The number of carbonyl (C=O) groups is 1. The molecule has 3 N–H and O–H groups in total. The molecule has 0 radical (unpaired) electrons. The van der Waals surface area contributed by atoms with Gasteiger partial charge in [0.05, 0.1) is 29.6 Å². The maximum atomic E-state index is 13.2. The summed E-state index contributed by atoms with van der Waals surface area (Å²) in [5, 5.41) is 8.70. The minimum Gasteiger partial charge on any atom is -0.380 e. The summed E-state index contributed by atoms with van der Waals surface area (Å²) >= 11 is 12.8. The lowest BCUT2D eigenvalue weighted by molar-refractivity contribution is 0.0909. The maximum Gasteiger partial charge on any atom is 0.272 e. The molecule has 0 bridgehead atoms. The molecule has 0 saturated heterocycles. The van der Waals surface area contributed by atoms with Crippen molar-refractivity contribution in [2.45, 2.75) is 32.9 Å². The first-order valence-electron chi connectivity index (χ1n) is 10.3. The molecule has 1 aromatic heterocycles. The smallest absolute Gasteiger partial charge is 0.272 e. The van der Waals surface area contributed by atoms with E-state index in [1.165, 1.54) is 0 Å². The summed E-state index contributed by atoms with van der Waals surface area (Å²) in [7, 11) is 1.58.